The van der Waals surface area contributed by atoms with Crippen molar-refractivity contribution in [2.75, 3.05) is 5.75 Å². The van der Waals surface area contributed by atoms with Crippen LogP contribution in [0.4, 0.5) is 0 Å². The highest BCUT2D eigenvalue weighted by Gasteiger charge is 2.14. The van der Waals surface area contributed by atoms with Gasteiger partial charge < -0.3 is 0 Å². The SMILES string of the molecule is Cc1ccc(-n2c(SCC(=O)NN=Cc3ccncc3)nc3ccccc3c2=O)cc1. The third-order valence-corrected chi connectivity index (χ3v) is 5.42. The summed E-state index contributed by atoms with van der Waals surface area (Å²) < 4.78 is 1.54. The second-order valence-corrected chi connectivity index (χ2v) is 7.69. The van der Waals surface area contributed by atoms with Crippen LogP contribution >= 0.6 is 11.8 Å². The normalized spacial score (nSPS) is 11.1. The topological polar surface area (TPSA) is 89.2 Å². The van der Waals surface area contributed by atoms with E-state index in [9.17, 15) is 9.59 Å². The monoisotopic (exact) mass is 429 g/mol. The number of hydrogen-bond donors (Lipinski definition) is 1. The molecule has 8 heteroatoms. The average Bonchev–Trinajstić information content (AvgIpc) is 2.79. The molecule has 0 radical (unpaired) electrons. The third kappa shape index (κ3) is 4.87. The zero-order valence-electron chi connectivity index (χ0n) is 16.7. The van der Waals surface area contributed by atoms with Crippen molar-refractivity contribution in [3.8, 4) is 5.69 Å². The molecule has 0 saturated carbocycles. The molecule has 1 amide bonds. The molecule has 4 rings (SSSR count). The van der Waals surface area contributed by atoms with E-state index in [2.05, 4.69) is 20.5 Å². The lowest BCUT2D eigenvalue weighted by molar-refractivity contribution is -0.118. The van der Waals surface area contributed by atoms with Gasteiger partial charge in [-0.3, -0.25) is 19.1 Å². The van der Waals surface area contributed by atoms with Gasteiger partial charge >= 0.3 is 0 Å². The summed E-state index contributed by atoms with van der Waals surface area (Å²) in [4.78, 5) is 34.0. The minimum absolute atomic E-state index is 0.0598. The molecule has 0 aliphatic heterocycles. The first-order valence-electron chi connectivity index (χ1n) is 9.55. The number of para-hydroxylation sites is 1. The van der Waals surface area contributed by atoms with Crippen LogP contribution in [0.15, 0.2) is 88.1 Å². The van der Waals surface area contributed by atoms with Gasteiger partial charge in [0.05, 0.1) is 28.6 Å². The van der Waals surface area contributed by atoms with E-state index >= 15 is 0 Å². The zero-order valence-corrected chi connectivity index (χ0v) is 17.5. The molecule has 31 heavy (non-hydrogen) atoms. The van der Waals surface area contributed by atoms with Gasteiger partial charge in [0.1, 0.15) is 0 Å². The highest BCUT2D eigenvalue weighted by molar-refractivity contribution is 7.99. The van der Waals surface area contributed by atoms with E-state index in [1.807, 2.05) is 43.3 Å². The van der Waals surface area contributed by atoms with Crippen LogP contribution in [0, 0.1) is 6.92 Å². The summed E-state index contributed by atoms with van der Waals surface area (Å²) in [5.74, 6) is -0.238. The molecular formula is C23H19N5O2S. The van der Waals surface area contributed by atoms with Crippen molar-refractivity contribution in [1.82, 2.24) is 20.0 Å². The highest BCUT2D eigenvalue weighted by Crippen LogP contribution is 2.21. The summed E-state index contributed by atoms with van der Waals surface area (Å²) in [5, 5.41) is 4.93. The molecule has 0 bridgehead atoms. The minimum atomic E-state index is -0.298. The summed E-state index contributed by atoms with van der Waals surface area (Å²) >= 11 is 1.19. The van der Waals surface area contributed by atoms with Crippen LogP contribution < -0.4 is 11.0 Å². The van der Waals surface area contributed by atoms with Crippen LogP contribution in [0.1, 0.15) is 11.1 Å². The first-order chi connectivity index (χ1) is 15.1. The third-order valence-electron chi connectivity index (χ3n) is 4.48. The van der Waals surface area contributed by atoms with Gasteiger partial charge in [0.2, 0.25) is 0 Å². The van der Waals surface area contributed by atoms with Crippen molar-refractivity contribution in [3.05, 3.63) is 94.5 Å². The van der Waals surface area contributed by atoms with E-state index in [-0.39, 0.29) is 17.2 Å². The minimum Gasteiger partial charge on any atom is -0.272 e. The molecule has 2 aromatic carbocycles. The summed E-state index contributed by atoms with van der Waals surface area (Å²) in [6.45, 7) is 1.98. The molecule has 0 aliphatic rings. The Hall–Kier alpha value is -3.78. The van der Waals surface area contributed by atoms with Crippen LogP contribution in [-0.2, 0) is 4.79 Å². The standard InChI is InChI=1S/C23H19N5O2S/c1-16-6-8-18(9-7-16)28-22(30)19-4-2-3-5-20(19)26-23(28)31-15-21(29)27-25-14-17-10-12-24-13-11-17/h2-14H,15H2,1H3,(H,27,29). The lowest BCUT2D eigenvalue weighted by Gasteiger charge is -2.13. The predicted molar refractivity (Wildman–Crippen MR) is 123 cm³/mol. The smallest absolute Gasteiger partial charge is 0.266 e. The number of carbonyl (C=O) groups is 1. The number of hydrazone groups is 1. The van der Waals surface area contributed by atoms with Gasteiger partial charge in [0, 0.05) is 12.4 Å². The fourth-order valence-electron chi connectivity index (χ4n) is 2.92. The fraction of sp³-hybridized carbons (Fsp3) is 0.0870. The largest absolute Gasteiger partial charge is 0.272 e. The Balaban J connectivity index is 1.58. The number of nitrogens with zero attached hydrogens (tertiary/aromatic N) is 4. The number of thioether (sulfide) groups is 1. The number of carbonyl (C=O) groups excluding carboxylic acids is 1. The summed E-state index contributed by atoms with van der Waals surface area (Å²) in [7, 11) is 0. The number of pyridine rings is 1. The van der Waals surface area contributed by atoms with Crippen molar-refractivity contribution in [1.29, 1.82) is 0 Å². The maximum absolute atomic E-state index is 13.2. The molecule has 0 saturated heterocycles. The molecule has 2 aromatic heterocycles. The van der Waals surface area contributed by atoms with Gasteiger partial charge in [-0.15, -0.1) is 0 Å². The van der Waals surface area contributed by atoms with Gasteiger partial charge in [-0.05, 0) is 48.9 Å². The Kier molecular flexibility index (Phi) is 6.18. The van der Waals surface area contributed by atoms with Crippen LogP contribution in [0.25, 0.3) is 16.6 Å². The van der Waals surface area contributed by atoms with Gasteiger partial charge in [0.15, 0.2) is 5.16 Å². The van der Waals surface area contributed by atoms with Gasteiger partial charge in [0.25, 0.3) is 11.5 Å². The average molecular weight is 430 g/mol. The number of fused-ring (bicyclic) bond motifs is 1. The molecule has 4 aromatic rings. The number of hydrogen-bond acceptors (Lipinski definition) is 6. The Bertz CT molecular complexity index is 1300. The van der Waals surface area contributed by atoms with E-state index < -0.39 is 0 Å². The highest BCUT2D eigenvalue weighted by atomic mass is 32.2. The summed E-state index contributed by atoms with van der Waals surface area (Å²) in [5.41, 5.74) is 5.53. The molecule has 0 fully saturated rings. The maximum Gasteiger partial charge on any atom is 0.266 e. The summed E-state index contributed by atoms with van der Waals surface area (Å²) in [6, 6.07) is 18.4. The number of nitrogens with one attached hydrogen (secondary N) is 1. The van der Waals surface area contributed by atoms with Crippen molar-refractivity contribution < 1.29 is 4.79 Å². The van der Waals surface area contributed by atoms with E-state index in [0.29, 0.717) is 21.7 Å². The Morgan fingerprint density at radius 3 is 2.61 bits per heavy atom. The predicted octanol–water partition coefficient (Wildman–Crippen LogP) is 3.33. The Morgan fingerprint density at radius 2 is 1.84 bits per heavy atom. The molecular weight excluding hydrogens is 410 g/mol. The maximum atomic E-state index is 13.2. The van der Waals surface area contributed by atoms with Gasteiger partial charge in [-0.2, -0.15) is 5.10 Å². The first kappa shape index (κ1) is 20.5. The second-order valence-electron chi connectivity index (χ2n) is 6.75. The molecule has 0 aliphatic carbocycles. The molecule has 0 atom stereocenters. The molecule has 154 valence electrons. The second kappa shape index (κ2) is 9.36. The van der Waals surface area contributed by atoms with Gasteiger partial charge in [-0.1, -0.05) is 41.6 Å². The lowest BCUT2D eigenvalue weighted by Crippen LogP contribution is -2.24. The van der Waals surface area contributed by atoms with Crippen LogP contribution in [0.5, 0.6) is 0 Å². The molecule has 1 N–H and O–H groups in total. The number of aromatic nitrogens is 3. The van der Waals surface area contributed by atoms with Crippen molar-refractivity contribution >= 4 is 34.8 Å². The fourth-order valence-corrected chi connectivity index (χ4v) is 3.73. The Morgan fingerprint density at radius 1 is 1.10 bits per heavy atom. The number of benzene rings is 2. The van der Waals surface area contributed by atoms with E-state index in [1.54, 1.807) is 47.4 Å². The molecule has 0 unspecified atom stereocenters. The molecule has 7 nitrogen and oxygen atoms in total. The van der Waals surface area contributed by atoms with E-state index in [4.69, 9.17) is 0 Å². The van der Waals surface area contributed by atoms with Crippen molar-refractivity contribution in [3.63, 3.8) is 0 Å². The number of aryl methyl sites for hydroxylation is 1. The van der Waals surface area contributed by atoms with E-state index in [1.165, 1.54) is 11.8 Å². The quantitative estimate of drug-likeness (QED) is 0.220. The van der Waals surface area contributed by atoms with Crippen LogP contribution in [0.2, 0.25) is 0 Å². The first-order valence-corrected chi connectivity index (χ1v) is 10.5. The van der Waals surface area contributed by atoms with Crippen molar-refractivity contribution in [2.45, 2.75) is 12.1 Å². The van der Waals surface area contributed by atoms with Crippen LogP contribution in [0.3, 0.4) is 0 Å². The van der Waals surface area contributed by atoms with E-state index in [0.717, 1.165) is 11.1 Å². The van der Waals surface area contributed by atoms with Gasteiger partial charge in [-0.25, -0.2) is 10.4 Å². The Labute approximate surface area is 182 Å². The molecule has 2 heterocycles. The lowest BCUT2D eigenvalue weighted by atomic mass is 10.2. The number of amides is 1. The summed E-state index contributed by atoms with van der Waals surface area (Å²) in [6.07, 6.45) is 4.84. The number of rotatable bonds is 6. The zero-order chi connectivity index (χ0) is 21.6. The van der Waals surface area contributed by atoms with Crippen molar-refractivity contribution in [2.24, 2.45) is 5.10 Å². The molecule has 0 spiro atoms. The van der Waals surface area contributed by atoms with Crippen LogP contribution in [-0.4, -0.2) is 32.4 Å².